The minimum atomic E-state index is -0.787. The van der Waals surface area contributed by atoms with Crippen molar-refractivity contribution in [2.24, 2.45) is 0 Å². The predicted molar refractivity (Wildman–Crippen MR) is 123 cm³/mol. The van der Waals surface area contributed by atoms with E-state index >= 15 is 0 Å². The Bertz CT molecular complexity index is 1280. The SMILES string of the molecule is O=C(Nc1cc(F)ccc1F)N1CC(=O)N2[C@H](C1)[C@H](c1ccc(-c3cccc(F)c3)cc1)[C@@H]2CO. The summed E-state index contributed by atoms with van der Waals surface area (Å²) in [5.41, 5.74) is 2.11. The highest BCUT2D eigenvalue weighted by molar-refractivity contribution is 5.94. The number of fused-ring (bicyclic) bond motifs is 1. The number of carbonyl (C=O) groups excluding carboxylic acids is 2. The number of hydrogen-bond acceptors (Lipinski definition) is 3. The molecule has 9 heteroatoms. The molecule has 5 rings (SSSR count). The fraction of sp³-hybridized carbons (Fsp3) is 0.231. The Kier molecular flexibility index (Phi) is 5.94. The molecule has 2 N–H and O–H groups in total. The van der Waals surface area contributed by atoms with E-state index in [1.165, 1.54) is 17.0 Å². The summed E-state index contributed by atoms with van der Waals surface area (Å²) in [5, 5.41) is 12.3. The van der Waals surface area contributed by atoms with Crippen molar-refractivity contribution in [3.63, 3.8) is 0 Å². The zero-order valence-corrected chi connectivity index (χ0v) is 18.5. The van der Waals surface area contributed by atoms with Gasteiger partial charge in [0.15, 0.2) is 0 Å². The fourth-order valence-corrected chi connectivity index (χ4v) is 5.01. The topological polar surface area (TPSA) is 72.9 Å². The van der Waals surface area contributed by atoms with Gasteiger partial charge in [-0.15, -0.1) is 0 Å². The Morgan fingerprint density at radius 2 is 1.71 bits per heavy atom. The van der Waals surface area contributed by atoms with Gasteiger partial charge in [-0.3, -0.25) is 4.79 Å². The van der Waals surface area contributed by atoms with Gasteiger partial charge < -0.3 is 20.2 Å². The summed E-state index contributed by atoms with van der Waals surface area (Å²) in [6.07, 6.45) is 0. The van der Waals surface area contributed by atoms with Gasteiger partial charge in [-0.1, -0.05) is 36.4 Å². The van der Waals surface area contributed by atoms with Crippen LogP contribution in [-0.2, 0) is 4.79 Å². The Morgan fingerprint density at radius 3 is 2.43 bits per heavy atom. The van der Waals surface area contributed by atoms with Gasteiger partial charge in [0.05, 0.1) is 24.4 Å². The molecule has 0 bridgehead atoms. The summed E-state index contributed by atoms with van der Waals surface area (Å²) in [7, 11) is 0. The second kappa shape index (κ2) is 9.07. The number of aliphatic hydroxyl groups excluding tert-OH is 1. The Morgan fingerprint density at radius 1 is 0.971 bits per heavy atom. The van der Waals surface area contributed by atoms with E-state index in [0.717, 1.165) is 34.9 Å². The molecule has 3 amide bonds. The predicted octanol–water partition coefficient (Wildman–Crippen LogP) is 3.97. The van der Waals surface area contributed by atoms with Gasteiger partial charge in [0.2, 0.25) is 5.91 Å². The molecule has 0 radical (unpaired) electrons. The molecular weight excluding hydrogens is 459 g/mol. The van der Waals surface area contributed by atoms with E-state index in [2.05, 4.69) is 5.32 Å². The zero-order chi connectivity index (χ0) is 24.7. The highest BCUT2D eigenvalue weighted by Crippen LogP contribution is 2.43. The minimum Gasteiger partial charge on any atom is -0.394 e. The molecule has 0 aliphatic carbocycles. The van der Waals surface area contributed by atoms with Crippen LogP contribution in [0.2, 0.25) is 0 Å². The Balaban J connectivity index is 1.35. The second-order valence-electron chi connectivity index (χ2n) is 8.71. The number of nitrogens with one attached hydrogen (secondary N) is 1. The monoisotopic (exact) mass is 481 g/mol. The molecule has 0 aromatic heterocycles. The summed E-state index contributed by atoms with van der Waals surface area (Å²) < 4.78 is 41.0. The number of urea groups is 1. The highest BCUT2D eigenvalue weighted by atomic mass is 19.1. The zero-order valence-electron chi connectivity index (χ0n) is 18.5. The third kappa shape index (κ3) is 4.23. The van der Waals surface area contributed by atoms with Crippen molar-refractivity contribution >= 4 is 17.6 Å². The molecule has 2 heterocycles. The molecule has 0 spiro atoms. The van der Waals surface area contributed by atoms with E-state index < -0.39 is 23.7 Å². The first-order valence-electron chi connectivity index (χ1n) is 11.1. The van der Waals surface area contributed by atoms with Crippen LogP contribution in [0, 0.1) is 17.5 Å². The number of rotatable bonds is 4. The maximum Gasteiger partial charge on any atom is 0.322 e. The number of amides is 3. The molecule has 3 aromatic rings. The molecular formula is C26H22F3N3O3. The van der Waals surface area contributed by atoms with Crippen molar-refractivity contribution in [1.29, 1.82) is 0 Å². The molecule has 2 aliphatic rings. The third-order valence-corrected chi connectivity index (χ3v) is 6.66. The lowest BCUT2D eigenvalue weighted by molar-refractivity contribution is -0.159. The lowest BCUT2D eigenvalue weighted by Crippen LogP contribution is -2.73. The van der Waals surface area contributed by atoms with Crippen LogP contribution in [0.25, 0.3) is 11.1 Å². The number of anilines is 1. The number of carbonyl (C=O) groups is 2. The van der Waals surface area contributed by atoms with E-state index in [9.17, 15) is 27.9 Å². The average Bonchev–Trinajstić information content (AvgIpc) is 2.83. The van der Waals surface area contributed by atoms with Crippen molar-refractivity contribution in [2.45, 2.75) is 18.0 Å². The van der Waals surface area contributed by atoms with Gasteiger partial charge in [-0.05, 0) is 41.0 Å². The second-order valence-corrected chi connectivity index (χ2v) is 8.71. The first-order chi connectivity index (χ1) is 16.9. The Labute approximate surface area is 199 Å². The van der Waals surface area contributed by atoms with Crippen molar-refractivity contribution < 1.29 is 27.9 Å². The van der Waals surface area contributed by atoms with E-state index in [-0.39, 0.29) is 49.1 Å². The van der Waals surface area contributed by atoms with Crippen molar-refractivity contribution in [2.75, 3.05) is 25.0 Å². The molecule has 0 saturated carbocycles. The van der Waals surface area contributed by atoms with E-state index in [4.69, 9.17) is 0 Å². The number of nitrogens with zero attached hydrogens (tertiary/aromatic N) is 2. The first kappa shape index (κ1) is 22.9. The van der Waals surface area contributed by atoms with Crippen molar-refractivity contribution in [3.05, 3.63) is 89.7 Å². The first-order valence-corrected chi connectivity index (χ1v) is 11.1. The molecule has 2 aliphatic heterocycles. The minimum absolute atomic E-state index is 0.168. The van der Waals surface area contributed by atoms with E-state index in [0.29, 0.717) is 0 Å². The number of halogens is 3. The standard InChI is InChI=1S/C26H22F3N3O3/c27-18-3-1-2-17(10-18)15-4-6-16(7-5-15)25-22-12-31(13-24(34)32(22)23(25)14-33)26(35)30-21-11-19(28)8-9-20(21)29/h1-11,22-23,25,33H,12-14H2,(H,30,35)/t22-,23+,25+/m1/s1. The van der Waals surface area contributed by atoms with Crippen LogP contribution in [0.15, 0.2) is 66.7 Å². The summed E-state index contributed by atoms with van der Waals surface area (Å²) in [6, 6.07) is 14.9. The van der Waals surface area contributed by atoms with Crippen LogP contribution in [0.1, 0.15) is 11.5 Å². The number of hydrogen-bond donors (Lipinski definition) is 2. The summed E-state index contributed by atoms with van der Waals surface area (Å²) in [6.45, 7) is -0.304. The lowest BCUT2D eigenvalue weighted by Gasteiger charge is -2.58. The van der Waals surface area contributed by atoms with Gasteiger partial charge in [0, 0.05) is 18.5 Å². The summed E-state index contributed by atoms with van der Waals surface area (Å²) in [4.78, 5) is 28.4. The van der Waals surface area contributed by atoms with E-state index in [1.807, 2.05) is 24.3 Å². The van der Waals surface area contributed by atoms with Gasteiger partial charge in [0.25, 0.3) is 0 Å². The number of aliphatic hydroxyl groups is 1. The lowest BCUT2D eigenvalue weighted by atomic mass is 9.73. The molecule has 0 unspecified atom stereocenters. The van der Waals surface area contributed by atoms with Gasteiger partial charge >= 0.3 is 6.03 Å². The van der Waals surface area contributed by atoms with Crippen LogP contribution in [0.3, 0.4) is 0 Å². The van der Waals surface area contributed by atoms with Crippen LogP contribution in [0.4, 0.5) is 23.7 Å². The molecule has 35 heavy (non-hydrogen) atoms. The number of piperazine rings is 1. The number of benzene rings is 3. The van der Waals surface area contributed by atoms with E-state index in [1.54, 1.807) is 17.0 Å². The molecule has 6 nitrogen and oxygen atoms in total. The van der Waals surface area contributed by atoms with Gasteiger partial charge in [-0.25, -0.2) is 18.0 Å². The van der Waals surface area contributed by atoms with Gasteiger partial charge in [-0.2, -0.15) is 0 Å². The molecule has 3 atom stereocenters. The highest BCUT2D eigenvalue weighted by Gasteiger charge is 2.54. The summed E-state index contributed by atoms with van der Waals surface area (Å²) in [5.74, 6) is -2.38. The molecule has 2 saturated heterocycles. The van der Waals surface area contributed by atoms with Crippen LogP contribution in [0.5, 0.6) is 0 Å². The van der Waals surface area contributed by atoms with Crippen LogP contribution < -0.4 is 5.32 Å². The van der Waals surface area contributed by atoms with Crippen LogP contribution in [-0.4, -0.2) is 58.6 Å². The molecule has 2 fully saturated rings. The quantitative estimate of drug-likeness (QED) is 0.592. The maximum absolute atomic E-state index is 14.0. The van der Waals surface area contributed by atoms with Crippen LogP contribution >= 0.6 is 0 Å². The normalized spacial score (nSPS) is 21.4. The third-order valence-electron chi connectivity index (χ3n) is 6.66. The van der Waals surface area contributed by atoms with Gasteiger partial charge in [0.1, 0.15) is 24.0 Å². The molecule has 180 valence electrons. The fourth-order valence-electron chi connectivity index (χ4n) is 5.01. The maximum atomic E-state index is 14.0. The average molecular weight is 481 g/mol. The summed E-state index contributed by atoms with van der Waals surface area (Å²) >= 11 is 0. The Hall–Kier alpha value is -3.85. The largest absolute Gasteiger partial charge is 0.394 e. The molecule has 3 aromatic carbocycles. The smallest absolute Gasteiger partial charge is 0.322 e. The van der Waals surface area contributed by atoms with Crippen molar-refractivity contribution in [1.82, 2.24) is 9.80 Å². The van der Waals surface area contributed by atoms with Crippen molar-refractivity contribution in [3.8, 4) is 11.1 Å².